The van der Waals surface area contributed by atoms with Crippen molar-refractivity contribution in [3.05, 3.63) is 24.2 Å². The first-order valence-corrected chi connectivity index (χ1v) is 5.10. The van der Waals surface area contributed by atoms with Gasteiger partial charge in [-0.1, -0.05) is 0 Å². The number of nitrogens with zero attached hydrogens (tertiary/aromatic N) is 1. The smallest absolute Gasteiger partial charge is 0.117 e. The van der Waals surface area contributed by atoms with Crippen LogP contribution in [0.4, 0.5) is 0 Å². The zero-order chi connectivity index (χ0) is 11.3. The minimum Gasteiger partial charge on any atom is -0.468 e. The van der Waals surface area contributed by atoms with E-state index in [1.54, 1.807) is 6.26 Å². The number of hydrogen-bond donors (Lipinski definition) is 2. The molecule has 2 N–H and O–H groups in total. The first kappa shape index (κ1) is 12.2. The summed E-state index contributed by atoms with van der Waals surface area (Å²) in [4.78, 5) is 1.97. The van der Waals surface area contributed by atoms with Gasteiger partial charge in [0.25, 0.3) is 0 Å². The molecule has 0 saturated carbocycles. The lowest BCUT2D eigenvalue weighted by Crippen LogP contribution is -2.45. The van der Waals surface area contributed by atoms with Crippen LogP contribution in [0.3, 0.4) is 0 Å². The molecule has 1 aromatic rings. The van der Waals surface area contributed by atoms with Gasteiger partial charge in [0.2, 0.25) is 0 Å². The lowest BCUT2D eigenvalue weighted by Gasteiger charge is -2.27. The molecule has 0 amide bonds. The summed E-state index contributed by atoms with van der Waals surface area (Å²) in [5, 5.41) is 13.1. The normalized spacial score (nSPS) is 15.5. The largest absolute Gasteiger partial charge is 0.468 e. The summed E-state index contributed by atoms with van der Waals surface area (Å²) in [5.41, 5.74) is -0.712. The van der Waals surface area contributed by atoms with E-state index in [1.165, 1.54) is 0 Å². The SMILES string of the molecule is CN(C)CC(C)(O)CNCc1ccco1. The molecule has 1 rings (SSSR count). The van der Waals surface area contributed by atoms with Crippen LogP contribution in [0, 0.1) is 0 Å². The Balaban J connectivity index is 2.24. The minimum absolute atomic E-state index is 0.548. The van der Waals surface area contributed by atoms with Gasteiger partial charge in [0.05, 0.1) is 18.4 Å². The molecule has 0 bridgehead atoms. The summed E-state index contributed by atoms with van der Waals surface area (Å²) in [5.74, 6) is 0.885. The van der Waals surface area contributed by atoms with E-state index in [-0.39, 0.29) is 0 Å². The molecule has 4 heteroatoms. The van der Waals surface area contributed by atoms with Crippen molar-refractivity contribution in [2.24, 2.45) is 0 Å². The number of nitrogens with one attached hydrogen (secondary N) is 1. The Hall–Kier alpha value is -0.840. The number of likely N-dealkylation sites (N-methyl/N-ethyl adjacent to an activating group) is 1. The zero-order valence-electron chi connectivity index (χ0n) is 9.66. The minimum atomic E-state index is -0.712. The molecule has 0 spiro atoms. The van der Waals surface area contributed by atoms with Crippen molar-refractivity contribution in [3.8, 4) is 0 Å². The quantitative estimate of drug-likeness (QED) is 0.728. The second kappa shape index (κ2) is 5.30. The van der Waals surface area contributed by atoms with Crippen LogP contribution in [0.1, 0.15) is 12.7 Å². The Kier molecular flexibility index (Phi) is 4.32. The fourth-order valence-corrected chi connectivity index (χ4v) is 1.61. The van der Waals surface area contributed by atoms with E-state index in [0.717, 1.165) is 5.76 Å². The maximum absolute atomic E-state index is 9.98. The van der Waals surface area contributed by atoms with Crippen LogP contribution >= 0.6 is 0 Å². The molecule has 0 fully saturated rings. The van der Waals surface area contributed by atoms with E-state index in [0.29, 0.717) is 19.6 Å². The Morgan fingerprint density at radius 1 is 1.53 bits per heavy atom. The van der Waals surface area contributed by atoms with E-state index in [4.69, 9.17) is 4.42 Å². The van der Waals surface area contributed by atoms with Crippen LogP contribution in [0.15, 0.2) is 22.8 Å². The molecule has 0 radical (unpaired) electrons. The maximum atomic E-state index is 9.98. The monoisotopic (exact) mass is 212 g/mol. The van der Waals surface area contributed by atoms with Crippen LogP contribution in [0.2, 0.25) is 0 Å². The fraction of sp³-hybridized carbons (Fsp3) is 0.636. The van der Waals surface area contributed by atoms with Gasteiger partial charge in [-0.15, -0.1) is 0 Å². The second-order valence-electron chi connectivity index (χ2n) is 4.42. The van der Waals surface area contributed by atoms with E-state index < -0.39 is 5.60 Å². The molecule has 0 aliphatic heterocycles. The predicted octanol–water partition coefficient (Wildman–Crippen LogP) is 0.682. The summed E-state index contributed by atoms with van der Waals surface area (Å²) in [6, 6.07) is 3.77. The van der Waals surface area contributed by atoms with Gasteiger partial charge in [-0.25, -0.2) is 0 Å². The second-order valence-corrected chi connectivity index (χ2v) is 4.42. The summed E-state index contributed by atoms with van der Waals surface area (Å²) < 4.78 is 5.17. The molecule has 0 saturated heterocycles. The van der Waals surface area contributed by atoms with Gasteiger partial charge in [0.1, 0.15) is 5.76 Å². The molecule has 15 heavy (non-hydrogen) atoms. The van der Waals surface area contributed by atoms with Crippen molar-refractivity contribution in [1.29, 1.82) is 0 Å². The summed E-state index contributed by atoms with van der Waals surface area (Å²) in [6.07, 6.45) is 1.65. The highest BCUT2D eigenvalue weighted by Gasteiger charge is 2.20. The van der Waals surface area contributed by atoms with Crippen molar-refractivity contribution in [1.82, 2.24) is 10.2 Å². The van der Waals surface area contributed by atoms with Crippen molar-refractivity contribution >= 4 is 0 Å². The van der Waals surface area contributed by atoms with E-state index in [1.807, 2.05) is 38.1 Å². The molecule has 1 heterocycles. The third-order valence-electron chi connectivity index (χ3n) is 2.04. The predicted molar refractivity (Wildman–Crippen MR) is 59.6 cm³/mol. The van der Waals surface area contributed by atoms with Crippen LogP contribution in [0.25, 0.3) is 0 Å². The Morgan fingerprint density at radius 2 is 2.27 bits per heavy atom. The van der Waals surface area contributed by atoms with Crippen LogP contribution in [-0.4, -0.2) is 42.8 Å². The third-order valence-corrected chi connectivity index (χ3v) is 2.04. The highest BCUT2D eigenvalue weighted by atomic mass is 16.3. The molecular formula is C11H20N2O2. The molecule has 1 atom stereocenters. The van der Waals surface area contributed by atoms with Gasteiger partial charge in [-0.2, -0.15) is 0 Å². The number of rotatable bonds is 6. The molecule has 0 aliphatic carbocycles. The molecule has 86 valence electrons. The zero-order valence-corrected chi connectivity index (χ0v) is 9.66. The van der Waals surface area contributed by atoms with Crippen LogP contribution in [-0.2, 0) is 6.54 Å². The number of hydrogen-bond acceptors (Lipinski definition) is 4. The maximum Gasteiger partial charge on any atom is 0.117 e. The Labute approximate surface area is 90.9 Å². The molecule has 0 aliphatic rings. The molecule has 1 unspecified atom stereocenters. The van der Waals surface area contributed by atoms with E-state index in [2.05, 4.69) is 5.32 Å². The van der Waals surface area contributed by atoms with Crippen molar-refractivity contribution in [2.75, 3.05) is 27.2 Å². The van der Waals surface area contributed by atoms with Gasteiger partial charge in [-0.3, -0.25) is 0 Å². The average molecular weight is 212 g/mol. The molecule has 4 nitrogen and oxygen atoms in total. The highest BCUT2D eigenvalue weighted by molar-refractivity contribution is 4.97. The summed E-state index contributed by atoms with van der Waals surface area (Å²) in [6.45, 7) is 3.66. The third kappa shape index (κ3) is 4.97. The van der Waals surface area contributed by atoms with Crippen molar-refractivity contribution < 1.29 is 9.52 Å². The van der Waals surface area contributed by atoms with E-state index >= 15 is 0 Å². The number of furan rings is 1. The van der Waals surface area contributed by atoms with Gasteiger partial charge in [-0.05, 0) is 33.2 Å². The topological polar surface area (TPSA) is 48.6 Å². The fourth-order valence-electron chi connectivity index (χ4n) is 1.61. The highest BCUT2D eigenvalue weighted by Crippen LogP contribution is 2.04. The summed E-state index contributed by atoms with van der Waals surface area (Å²) >= 11 is 0. The molecule has 0 aromatic carbocycles. The van der Waals surface area contributed by atoms with E-state index in [9.17, 15) is 5.11 Å². The standard InChI is InChI=1S/C11H20N2O2/c1-11(14,9-13(2)3)8-12-7-10-5-4-6-15-10/h4-6,12,14H,7-9H2,1-3H3. The molecule has 1 aromatic heterocycles. The first-order valence-electron chi connectivity index (χ1n) is 5.10. The van der Waals surface area contributed by atoms with Crippen LogP contribution < -0.4 is 5.32 Å². The van der Waals surface area contributed by atoms with Crippen molar-refractivity contribution in [2.45, 2.75) is 19.1 Å². The Bertz CT molecular complexity index is 268. The van der Waals surface area contributed by atoms with Gasteiger partial charge in [0, 0.05) is 13.1 Å². The van der Waals surface area contributed by atoms with Crippen molar-refractivity contribution in [3.63, 3.8) is 0 Å². The van der Waals surface area contributed by atoms with Gasteiger partial charge in [0.15, 0.2) is 0 Å². The van der Waals surface area contributed by atoms with Gasteiger partial charge >= 0.3 is 0 Å². The lowest BCUT2D eigenvalue weighted by atomic mass is 10.1. The average Bonchev–Trinajstić information content (AvgIpc) is 2.53. The Morgan fingerprint density at radius 3 is 2.80 bits per heavy atom. The van der Waals surface area contributed by atoms with Crippen LogP contribution in [0.5, 0.6) is 0 Å². The van der Waals surface area contributed by atoms with Gasteiger partial charge < -0.3 is 19.7 Å². The molecular weight excluding hydrogens is 192 g/mol. The lowest BCUT2D eigenvalue weighted by molar-refractivity contribution is 0.0332. The summed E-state index contributed by atoms with van der Waals surface area (Å²) in [7, 11) is 3.89. The first-order chi connectivity index (χ1) is 6.99. The number of aliphatic hydroxyl groups is 1.